The van der Waals surface area contributed by atoms with Crippen molar-refractivity contribution >= 4 is 33.0 Å². The van der Waals surface area contributed by atoms with Crippen molar-refractivity contribution in [3.05, 3.63) is 33.7 Å². The van der Waals surface area contributed by atoms with Gasteiger partial charge in [0.15, 0.2) is 0 Å². The van der Waals surface area contributed by atoms with Crippen LogP contribution in [0.1, 0.15) is 11.1 Å². The molecule has 2 aromatic rings. The van der Waals surface area contributed by atoms with Gasteiger partial charge in [-0.1, -0.05) is 23.7 Å². The van der Waals surface area contributed by atoms with Crippen molar-refractivity contribution < 1.29 is 0 Å². The molecule has 70 valence electrons. The first-order chi connectivity index (χ1) is 6.72. The molecule has 0 spiro atoms. The molecule has 3 heteroatoms. The monoisotopic (exact) mass is 221 g/mol. The molecule has 0 saturated heterocycles. The SMILES string of the molecule is Cc1ccc2cc(Cl)sc2c1CC#N. The van der Waals surface area contributed by atoms with E-state index in [1.165, 1.54) is 0 Å². The zero-order valence-corrected chi connectivity index (χ0v) is 9.25. The van der Waals surface area contributed by atoms with Gasteiger partial charge in [-0.25, -0.2) is 0 Å². The normalized spacial score (nSPS) is 10.4. The molecule has 0 aliphatic heterocycles. The van der Waals surface area contributed by atoms with Crippen molar-refractivity contribution in [2.75, 3.05) is 0 Å². The molecular weight excluding hydrogens is 214 g/mol. The Hall–Kier alpha value is -1.04. The van der Waals surface area contributed by atoms with E-state index in [0.29, 0.717) is 6.42 Å². The molecule has 1 aromatic carbocycles. The highest BCUT2D eigenvalue weighted by molar-refractivity contribution is 7.22. The van der Waals surface area contributed by atoms with E-state index in [9.17, 15) is 0 Å². The first kappa shape index (κ1) is 9.51. The van der Waals surface area contributed by atoms with Crippen LogP contribution in [0.15, 0.2) is 18.2 Å². The van der Waals surface area contributed by atoms with Crippen LogP contribution in [0.2, 0.25) is 4.34 Å². The van der Waals surface area contributed by atoms with Crippen molar-refractivity contribution in [3.63, 3.8) is 0 Å². The number of nitrogens with zero attached hydrogens (tertiary/aromatic N) is 1. The highest BCUT2D eigenvalue weighted by Crippen LogP contribution is 2.33. The number of rotatable bonds is 1. The first-order valence-corrected chi connectivity index (χ1v) is 5.46. The summed E-state index contributed by atoms with van der Waals surface area (Å²) >= 11 is 7.49. The van der Waals surface area contributed by atoms with Gasteiger partial charge < -0.3 is 0 Å². The van der Waals surface area contributed by atoms with Gasteiger partial charge in [0.2, 0.25) is 0 Å². The standard InChI is InChI=1S/C11H8ClNS/c1-7-2-3-8-6-10(12)14-11(8)9(7)4-5-13/h2-3,6H,4H2,1H3. The van der Waals surface area contributed by atoms with Gasteiger partial charge in [0.1, 0.15) is 0 Å². The van der Waals surface area contributed by atoms with E-state index in [1.807, 2.05) is 25.1 Å². The molecule has 0 amide bonds. The lowest BCUT2D eigenvalue weighted by Crippen LogP contribution is -1.86. The average molecular weight is 222 g/mol. The Labute approximate surface area is 91.5 Å². The van der Waals surface area contributed by atoms with Crippen LogP contribution < -0.4 is 0 Å². The van der Waals surface area contributed by atoms with Gasteiger partial charge in [-0.05, 0) is 29.5 Å². The van der Waals surface area contributed by atoms with Crippen LogP contribution in [-0.4, -0.2) is 0 Å². The highest BCUT2D eigenvalue weighted by atomic mass is 35.5. The molecule has 1 heterocycles. The lowest BCUT2D eigenvalue weighted by molar-refractivity contribution is 1.25. The van der Waals surface area contributed by atoms with Crippen LogP contribution in [-0.2, 0) is 6.42 Å². The van der Waals surface area contributed by atoms with E-state index in [1.54, 1.807) is 11.3 Å². The van der Waals surface area contributed by atoms with E-state index < -0.39 is 0 Å². The van der Waals surface area contributed by atoms with Crippen LogP contribution in [0.5, 0.6) is 0 Å². The van der Waals surface area contributed by atoms with E-state index in [2.05, 4.69) is 6.07 Å². The summed E-state index contributed by atoms with van der Waals surface area (Å²) in [5.41, 5.74) is 2.28. The number of thiophene rings is 1. The largest absolute Gasteiger partial charge is 0.198 e. The van der Waals surface area contributed by atoms with Crippen LogP contribution in [0.3, 0.4) is 0 Å². The van der Waals surface area contributed by atoms with Crippen molar-refractivity contribution in [2.24, 2.45) is 0 Å². The lowest BCUT2D eigenvalue weighted by atomic mass is 10.0. The summed E-state index contributed by atoms with van der Waals surface area (Å²) in [6.07, 6.45) is 0.458. The number of hydrogen-bond donors (Lipinski definition) is 0. The molecular formula is C11H8ClNS. The minimum atomic E-state index is 0.458. The van der Waals surface area contributed by atoms with Gasteiger partial charge in [0, 0.05) is 4.70 Å². The molecule has 0 N–H and O–H groups in total. The fraction of sp³-hybridized carbons (Fsp3) is 0.182. The first-order valence-electron chi connectivity index (χ1n) is 4.27. The van der Waals surface area contributed by atoms with Crippen LogP contribution >= 0.6 is 22.9 Å². The molecule has 0 unspecified atom stereocenters. The fourth-order valence-electron chi connectivity index (χ4n) is 1.53. The van der Waals surface area contributed by atoms with Crippen molar-refractivity contribution in [1.82, 2.24) is 0 Å². The number of fused-ring (bicyclic) bond motifs is 1. The molecule has 0 aliphatic rings. The maximum Gasteiger partial charge on any atom is 0.0940 e. The summed E-state index contributed by atoms with van der Waals surface area (Å²) < 4.78 is 1.93. The molecule has 0 atom stereocenters. The molecule has 1 nitrogen and oxygen atoms in total. The van der Waals surface area contributed by atoms with E-state index >= 15 is 0 Å². The topological polar surface area (TPSA) is 23.8 Å². The second-order valence-electron chi connectivity index (χ2n) is 3.16. The van der Waals surface area contributed by atoms with Gasteiger partial charge >= 0.3 is 0 Å². The van der Waals surface area contributed by atoms with Gasteiger partial charge in [-0.2, -0.15) is 5.26 Å². The third-order valence-corrected chi connectivity index (χ3v) is 3.59. The summed E-state index contributed by atoms with van der Waals surface area (Å²) in [7, 11) is 0. The number of halogens is 1. The predicted octanol–water partition coefficient (Wildman–Crippen LogP) is 3.93. The summed E-state index contributed by atoms with van der Waals surface area (Å²) in [5, 5.41) is 9.87. The second kappa shape index (κ2) is 3.61. The zero-order valence-electron chi connectivity index (χ0n) is 7.67. The number of aryl methyl sites for hydroxylation is 1. The predicted molar refractivity (Wildman–Crippen MR) is 60.9 cm³/mol. The fourth-order valence-corrected chi connectivity index (χ4v) is 2.86. The smallest absolute Gasteiger partial charge is 0.0940 e. The Morgan fingerprint density at radius 2 is 2.29 bits per heavy atom. The summed E-state index contributed by atoms with van der Waals surface area (Å²) in [6, 6.07) is 8.23. The zero-order chi connectivity index (χ0) is 10.1. The minimum absolute atomic E-state index is 0.458. The van der Waals surface area contributed by atoms with Crippen molar-refractivity contribution in [2.45, 2.75) is 13.3 Å². The Morgan fingerprint density at radius 1 is 1.50 bits per heavy atom. The summed E-state index contributed by atoms with van der Waals surface area (Å²) in [6.45, 7) is 2.03. The maximum atomic E-state index is 8.73. The number of nitriles is 1. The summed E-state index contributed by atoms with van der Waals surface area (Å²) in [5.74, 6) is 0. The molecule has 14 heavy (non-hydrogen) atoms. The molecule has 2 rings (SSSR count). The van der Waals surface area contributed by atoms with E-state index in [-0.39, 0.29) is 0 Å². The molecule has 0 fully saturated rings. The molecule has 0 bridgehead atoms. The van der Waals surface area contributed by atoms with Crippen LogP contribution in [0, 0.1) is 18.3 Å². The molecule has 0 saturated carbocycles. The second-order valence-corrected chi connectivity index (χ2v) is 4.85. The molecule has 0 aliphatic carbocycles. The average Bonchev–Trinajstić information content (AvgIpc) is 2.51. The van der Waals surface area contributed by atoms with Crippen molar-refractivity contribution in [3.8, 4) is 6.07 Å². The van der Waals surface area contributed by atoms with Crippen LogP contribution in [0.25, 0.3) is 10.1 Å². The Kier molecular flexibility index (Phi) is 2.45. The highest BCUT2D eigenvalue weighted by Gasteiger charge is 2.07. The maximum absolute atomic E-state index is 8.73. The van der Waals surface area contributed by atoms with Gasteiger partial charge in [-0.15, -0.1) is 11.3 Å². The molecule has 0 radical (unpaired) electrons. The third-order valence-electron chi connectivity index (χ3n) is 2.25. The Balaban J connectivity index is 2.76. The van der Waals surface area contributed by atoms with Crippen molar-refractivity contribution in [1.29, 1.82) is 5.26 Å². The lowest BCUT2D eigenvalue weighted by Gasteiger charge is -2.01. The third kappa shape index (κ3) is 1.50. The van der Waals surface area contributed by atoms with Gasteiger partial charge in [-0.3, -0.25) is 0 Å². The van der Waals surface area contributed by atoms with E-state index in [0.717, 1.165) is 25.5 Å². The number of benzene rings is 1. The Morgan fingerprint density at radius 3 is 3.00 bits per heavy atom. The van der Waals surface area contributed by atoms with Gasteiger partial charge in [0.25, 0.3) is 0 Å². The van der Waals surface area contributed by atoms with Crippen LogP contribution in [0.4, 0.5) is 0 Å². The summed E-state index contributed by atoms with van der Waals surface area (Å²) in [4.78, 5) is 0. The molecule has 1 aromatic heterocycles. The Bertz CT molecular complexity index is 522. The van der Waals surface area contributed by atoms with E-state index in [4.69, 9.17) is 16.9 Å². The quantitative estimate of drug-likeness (QED) is 0.716. The van der Waals surface area contributed by atoms with Gasteiger partial charge in [0.05, 0.1) is 16.8 Å². The number of hydrogen-bond acceptors (Lipinski definition) is 2. The minimum Gasteiger partial charge on any atom is -0.198 e.